The van der Waals surface area contributed by atoms with Gasteiger partial charge in [-0.05, 0) is 42.8 Å². The smallest absolute Gasteiger partial charge is 0.119 e. The number of pyridine rings is 1. The number of rotatable bonds is 5. The second-order valence-electron chi connectivity index (χ2n) is 7.65. The molecule has 0 bridgehead atoms. The SMILES string of the molecule is Cc1nccc2c1[nH]c1c(-c3cccc(OCCN4CCOCC4)c3)cc(Cl)cc12. The predicted molar refractivity (Wildman–Crippen MR) is 122 cm³/mol. The van der Waals surface area contributed by atoms with Gasteiger partial charge >= 0.3 is 0 Å². The number of nitrogens with zero attached hydrogens (tertiary/aromatic N) is 2. The lowest BCUT2D eigenvalue weighted by Crippen LogP contribution is -2.38. The van der Waals surface area contributed by atoms with Gasteiger partial charge in [0.25, 0.3) is 0 Å². The Morgan fingerprint density at radius 3 is 2.83 bits per heavy atom. The summed E-state index contributed by atoms with van der Waals surface area (Å²) in [4.78, 5) is 10.4. The van der Waals surface area contributed by atoms with E-state index in [9.17, 15) is 0 Å². The summed E-state index contributed by atoms with van der Waals surface area (Å²) >= 11 is 6.50. The van der Waals surface area contributed by atoms with Gasteiger partial charge < -0.3 is 14.5 Å². The van der Waals surface area contributed by atoms with E-state index in [4.69, 9.17) is 21.1 Å². The van der Waals surface area contributed by atoms with Crippen molar-refractivity contribution in [2.75, 3.05) is 39.5 Å². The number of morpholine rings is 1. The molecule has 0 saturated carbocycles. The number of aromatic amines is 1. The molecule has 0 radical (unpaired) electrons. The lowest BCUT2D eigenvalue weighted by molar-refractivity contribution is 0.0322. The maximum atomic E-state index is 6.50. The second kappa shape index (κ2) is 8.26. The molecular weight excluding hydrogens is 398 g/mol. The van der Waals surface area contributed by atoms with Crippen molar-refractivity contribution in [2.45, 2.75) is 6.92 Å². The first-order chi connectivity index (χ1) is 14.7. The molecule has 1 N–H and O–H groups in total. The first kappa shape index (κ1) is 19.4. The Hall–Kier alpha value is -2.60. The maximum Gasteiger partial charge on any atom is 0.119 e. The minimum Gasteiger partial charge on any atom is -0.492 e. The molecule has 30 heavy (non-hydrogen) atoms. The number of aryl methyl sites for hydroxylation is 1. The van der Waals surface area contributed by atoms with Crippen molar-refractivity contribution in [3.05, 3.63) is 59.4 Å². The Kier molecular flexibility index (Phi) is 5.34. The van der Waals surface area contributed by atoms with Gasteiger partial charge in [0, 0.05) is 47.2 Å². The monoisotopic (exact) mass is 421 g/mol. The fourth-order valence-corrected chi connectivity index (χ4v) is 4.34. The van der Waals surface area contributed by atoms with Gasteiger partial charge in [0.2, 0.25) is 0 Å². The second-order valence-corrected chi connectivity index (χ2v) is 8.09. The number of halogens is 1. The van der Waals surface area contributed by atoms with Crippen molar-refractivity contribution in [3.63, 3.8) is 0 Å². The summed E-state index contributed by atoms with van der Waals surface area (Å²) in [5.41, 5.74) is 5.23. The summed E-state index contributed by atoms with van der Waals surface area (Å²) in [7, 11) is 0. The molecule has 2 aromatic carbocycles. The minimum absolute atomic E-state index is 0.658. The van der Waals surface area contributed by atoms with Crippen LogP contribution in [0.25, 0.3) is 32.9 Å². The average molecular weight is 422 g/mol. The number of H-pyrrole nitrogens is 1. The molecule has 0 unspecified atom stereocenters. The lowest BCUT2D eigenvalue weighted by atomic mass is 10.0. The van der Waals surface area contributed by atoms with E-state index in [1.807, 2.05) is 43.5 Å². The highest BCUT2D eigenvalue weighted by molar-refractivity contribution is 6.32. The van der Waals surface area contributed by atoms with Crippen molar-refractivity contribution < 1.29 is 9.47 Å². The molecule has 1 aliphatic heterocycles. The number of fused-ring (bicyclic) bond motifs is 3. The Labute approximate surface area is 180 Å². The average Bonchev–Trinajstić information content (AvgIpc) is 3.14. The molecule has 4 aromatic rings. The summed E-state index contributed by atoms with van der Waals surface area (Å²) in [6, 6.07) is 14.3. The molecule has 3 heterocycles. The van der Waals surface area contributed by atoms with E-state index in [0.29, 0.717) is 11.6 Å². The molecule has 0 atom stereocenters. The van der Waals surface area contributed by atoms with Gasteiger partial charge in [-0.25, -0.2) is 0 Å². The third-order valence-electron chi connectivity index (χ3n) is 5.71. The van der Waals surface area contributed by atoms with Gasteiger partial charge in [0.15, 0.2) is 0 Å². The molecule has 1 saturated heterocycles. The molecule has 6 heteroatoms. The first-order valence-electron chi connectivity index (χ1n) is 10.3. The van der Waals surface area contributed by atoms with Crippen LogP contribution in [-0.4, -0.2) is 54.3 Å². The van der Waals surface area contributed by atoms with E-state index in [1.54, 1.807) is 0 Å². The van der Waals surface area contributed by atoms with Crippen molar-refractivity contribution in [1.29, 1.82) is 0 Å². The van der Waals surface area contributed by atoms with Crippen molar-refractivity contribution in [2.24, 2.45) is 0 Å². The van der Waals surface area contributed by atoms with E-state index in [2.05, 4.69) is 27.0 Å². The van der Waals surface area contributed by atoms with Gasteiger partial charge in [-0.15, -0.1) is 0 Å². The number of aromatic nitrogens is 2. The number of hydrogen-bond acceptors (Lipinski definition) is 4. The lowest BCUT2D eigenvalue weighted by Gasteiger charge is -2.26. The highest BCUT2D eigenvalue weighted by Gasteiger charge is 2.14. The maximum absolute atomic E-state index is 6.50. The molecule has 5 rings (SSSR count). The molecule has 2 aromatic heterocycles. The van der Waals surface area contributed by atoms with Crippen molar-refractivity contribution >= 4 is 33.4 Å². The van der Waals surface area contributed by atoms with Crippen LogP contribution in [-0.2, 0) is 4.74 Å². The van der Waals surface area contributed by atoms with E-state index < -0.39 is 0 Å². The van der Waals surface area contributed by atoms with Gasteiger partial charge in [-0.2, -0.15) is 0 Å². The Morgan fingerprint density at radius 2 is 1.97 bits per heavy atom. The van der Waals surface area contributed by atoms with Crippen LogP contribution >= 0.6 is 11.6 Å². The standard InChI is InChI=1S/C24H24ClN3O2/c1-16-23-20(5-6-26-16)22-15-18(25)14-21(24(22)27-23)17-3-2-4-19(13-17)30-12-9-28-7-10-29-11-8-28/h2-6,13-15,27H,7-12H2,1H3. The van der Waals surface area contributed by atoms with Crippen LogP contribution in [0.15, 0.2) is 48.7 Å². The Balaban J connectivity index is 1.46. The van der Waals surface area contributed by atoms with Crippen LogP contribution in [0.5, 0.6) is 5.75 Å². The molecule has 154 valence electrons. The van der Waals surface area contributed by atoms with E-state index in [-0.39, 0.29) is 0 Å². The Morgan fingerprint density at radius 1 is 1.10 bits per heavy atom. The minimum atomic E-state index is 0.658. The first-order valence-corrected chi connectivity index (χ1v) is 10.7. The summed E-state index contributed by atoms with van der Waals surface area (Å²) in [6.45, 7) is 7.13. The molecule has 5 nitrogen and oxygen atoms in total. The van der Waals surface area contributed by atoms with Crippen LogP contribution in [0.2, 0.25) is 5.02 Å². The van der Waals surface area contributed by atoms with Gasteiger partial charge in [0.05, 0.1) is 29.9 Å². The zero-order valence-electron chi connectivity index (χ0n) is 17.0. The zero-order valence-corrected chi connectivity index (χ0v) is 17.7. The molecular formula is C24H24ClN3O2. The third kappa shape index (κ3) is 3.76. The summed E-state index contributed by atoms with van der Waals surface area (Å²) < 4.78 is 11.5. The summed E-state index contributed by atoms with van der Waals surface area (Å²) in [5.74, 6) is 0.864. The highest BCUT2D eigenvalue weighted by atomic mass is 35.5. The largest absolute Gasteiger partial charge is 0.492 e. The van der Waals surface area contributed by atoms with Crippen LogP contribution in [0.4, 0.5) is 0 Å². The van der Waals surface area contributed by atoms with E-state index in [1.165, 1.54) is 0 Å². The van der Waals surface area contributed by atoms with Crippen LogP contribution in [0, 0.1) is 6.92 Å². The van der Waals surface area contributed by atoms with Gasteiger partial charge in [-0.1, -0.05) is 23.7 Å². The quantitative estimate of drug-likeness (QED) is 0.489. The number of ether oxygens (including phenoxy) is 2. The van der Waals surface area contributed by atoms with E-state index >= 15 is 0 Å². The molecule has 0 aliphatic carbocycles. The zero-order chi connectivity index (χ0) is 20.5. The predicted octanol–water partition coefficient (Wildman–Crippen LogP) is 5.06. The molecule has 1 fully saturated rings. The van der Waals surface area contributed by atoms with Crippen LogP contribution < -0.4 is 4.74 Å². The Bertz CT molecular complexity index is 1200. The van der Waals surface area contributed by atoms with Crippen molar-refractivity contribution in [1.82, 2.24) is 14.9 Å². The number of nitrogens with one attached hydrogen (secondary N) is 1. The van der Waals surface area contributed by atoms with Gasteiger partial charge in [0.1, 0.15) is 12.4 Å². The van der Waals surface area contributed by atoms with Crippen molar-refractivity contribution in [3.8, 4) is 16.9 Å². The number of benzene rings is 2. The van der Waals surface area contributed by atoms with Gasteiger partial charge in [-0.3, -0.25) is 9.88 Å². The topological polar surface area (TPSA) is 50.4 Å². The third-order valence-corrected chi connectivity index (χ3v) is 5.93. The fraction of sp³-hybridized carbons (Fsp3) is 0.292. The van der Waals surface area contributed by atoms with Crippen LogP contribution in [0.1, 0.15) is 5.69 Å². The summed E-state index contributed by atoms with van der Waals surface area (Å²) in [5, 5.41) is 2.96. The summed E-state index contributed by atoms with van der Waals surface area (Å²) in [6.07, 6.45) is 1.84. The highest BCUT2D eigenvalue weighted by Crippen LogP contribution is 2.37. The van der Waals surface area contributed by atoms with E-state index in [0.717, 1.165) is 77.2 Å². The molecule has 1 aliphatic rings. The molecule has 0 amide bonds. The molecule has 0 spiro atoms. The van der Waals surface area contributed by atoms with Crippen LogP contribution in [0.3, 0.4) is 0 Å². The normalized spacial score (nSPS) is 15.1. The fourth-order valence-electron chi connectivity index (χ4n) is 4.13. The number of hydrogen-bond donors (Lipinski definition) is 1.